The van der Waals surface area contributed by atoms with E-state index in [2.05, 4.69) is 9.46 Å². The van der Waals surface area contributed by atoms with E-state index < -0.39 is 16.0 Å². The lowest BCUT2D eigenvalue weighted by molar-refractivity contribution is 0.0596. The number of esters is 1. The van der Waals surface area contributed by atoms with Crippen LogP contribution in [0, 0.1) is 5.92 Å². The molecule has 1 atom stereocenters. The number of ether oxygens (including phenoxy) is 1. The molecule has 21 heavy (non-hydrogen) atoms. The van der Waals surface area contributed by atoms with Gasteiger partial charge in [-0.25, -0.2) is 17.9 Å². The van der Waals surface area contributed by atoms with Gasteiger partial charge in [0.15, 0.2) is 0 Å². The van der Waals surface area contributed by atoms with Crippen molar-refractivity contribution in [2.24, 2.45) is 5.92 Å². The highest BCUT2D eigenvalue weighted by molar-refractivity contribution is 7.89. The van der Waals surface area contributed by atoms with Crippen molar-refractivity contribution in [1.29, 1.82) is 0 Å². The van der Waals surface area contributed by atoms with Gasteiger partial charge in [-0.1, -0.05) is 13.8 Å². The van der Waals surface area contributed by atoms with Crippen LogP contribution in [0.5, 0.6) is 0 Å². The lowest BCUT2D eigenvalue weighted by atomic mass is 10.1. The molecule has 6 nitrogen and oxygen atoms in total. The molecule has 0 aromatic heterocycles. The number of rotatable bonds is 6. The highest BCUT2D eigenvalue weighted by Crippen LogP contribution is 2.21. The summed E-state index contributed by atoms with van der Waals surface area (Å²) in [7, 11) is -2.65. The molecular weight excluding hydrogens is 292 g/mol. The molecule has 0 aliphatic heterocycles. The third-order valence-electron chi connectivity index (χ3n) is 2.88. The zero-order valence-electron chi connectivity index (χ0n) is 12.7. The molecule has 1 unspecified atom stereocenters. The van der Waals surface area contributed by atoms with E-state index in [1.807, 2.05) is 13.8 Å². The number of hydrogen-bond donors (Lipinski definition) is 2. The Balaban J connectivity index is 3.18. The van der Waals surface area contributed by atoms with Crippen LogP contribution in [-0.2, 0) is 14.8 Å². The summed E-state index contributed by atoms with van der Waals surface area (Å²) in [5, 5.41) is 0. The second kappa shape index (κ2) is 6.91. The van der Waals surface area contributed by atoms with Gasteiger partial charge in [0, 0.05) is 11.7 Å². The number of hydrogen-bond acceptors (Lipinski definition) is 5. The molecule has 0 heterocycles. The molecule has 1 rings (SSSR count). The van der Waals surface area contributed by atoms with Gasteiger partial charge in [-0.2, -0.15) is 0 Å². The lowest BCUT2D eigenvalue weighted by Crippen LogP contribution is -2.34. The highest BCUT2D eigenvalue weighted by Gasteiger charge is 2.25. The molecule has 1 aromatic carbocycles. The van der Waals surface area contributed by atoms with E-state index >= 15 is 0 Å². The first-order valence-electron chi connectivity index (χ1n) is 6.67. The van der Waals surface area contributed by atoms with Crippen molar-refractivity contribution in [2.45, 2.75) is 38.1 Å². The van der Waals surface area contributed by atoms with E-state index in [-0.39, 0.29) is 22.2 Å². The quantitative estimate of drug-likeness (QED) is 0.616. The molecule has 0 amide bonds. The van der Waals surface area contributed by atoms with Gasteiger partial charge in [0.2, 0.25) is 10.0 Å². The third-order valence-corrected chi connectivity index (χ3v) is 4.51. The minimum absolute atomic E-state index is 0.0315. The maximum absolute atomic E-state index is 12.4. The summed E-state index contributed by atoms with van der Waals surface area (Å²) in [6, 6.07) is 3.82. The Kier molecular flexibility index (Phi) is 5.74. The lowest BCUT2D eigenvalue weighted by Gasteiger charge is -2.17. The largest absolute Gasteiger partial charge is 0.465 e. The van der Waals surface area contributed by atoms with Crippen molar-refractivity contribution in [2.75, 3.05) is 12.8 Å². The number of methoxy groups -OCH3 is 1. The topological polar surface area (TPSA) is 98.5 Å². The Morgan fingerprint density at radius 2 is 1.95 bits per heavy atom. The fourth-order valence-electron chi connectivity index (χ4n) is 2.12. The maximum Gasteiger partial charge on any atom is 0.339 e. The monoisotopic (exact) mass is 314 g/mol. The predicted molar refractivity (Wildman–Crippen MR) is 81.4 cm³/mol. The van der Waals surface area contributed by atoms with Crippen molar-refractivity contribution < 1.29 is 17.9 Å². The first kappa shape index (κ1) is 17.5. The van der Waals surface area contributed by atoms with Gasteiger partial charge < -0.3 is 10.5 Å². The Morgan fingerprint density at radius 1 is 1.33 bits per heavy atom. The van der Waals surface area contributed by atoms with Crippen LogP contribution in [0.4, 0.5) is 5.69 Å². The van der Waals surface area contributed by atoms with Crippen molar-refractivity contribution in [3.8, 4) is 0 Å². The van der Waals surface area contributed by atoms with Gasteiger partial charge >= 0.3 is 5.97 Å². The molecule has 7 heteroatoms. The van der Waals surface area contributed by atoms with Crippen molar-refractivity contribution in [3.63, 3.8) is 0 Å². The fraction of sp³-hybridized carbons (Fsp3) is 0.500. The maximum atomic E-state index is 12.4. The van der Waals surface area contributed by atoms with Gasteiger partial charge in [0.1, 0.15) is 0 Å². The molecule has 1 aromatic rings. The average molecular weight is 314 g/mol. The minimum Gasteiger partial charge on any atom is -0.465 e. The number of benzene rings is 1. The fourth-order valence-corrected chi connectivity index (χ4v) is 3.61. The summed E-state index contributed by atoms with van der Waals surface area (Å²) in [5.74, 6) is -0.365. The van der Waals surface area contributed by atoms with Crippen LogP contribution in [0.1, 0.15) is 37.6 Å². The summed E-state index contributed by atoms with van der Waals surface area (Å²) in [6.45, 7) is 5.79. The van der Waals surface area contributed by atoms with Crippen LogP contribution in [0.25, 0.3) is 0 Å². The number of nitrogen functional groups attached to an aromatic ring is 1. The van der Waals surface area contributed by atoms with Gasteiger partial charge in [0.25, 0.3) is 0 Å². The van der Waals surface area contributed by atoms with Gasteiger partial charge in [-0.3, -0.25) is 0 Å². The first-order chi connectivity index (χ1) is 9.67. The number of sulfonamides is 1. The molecule has 0 aliphatic rings. The first-order valence-corrected chi connectivity index (χ1v) is 8.16. The summed E-state index contributed by atoms with van der Waals surface area (Å²) in [5.41, 5.74) is 5.86. The summed E-state index contributed by atoms with van der Waals surface area (Å²) in [6.07, 6.45) is 0.690. The van der Waals surface area contributed by atoms with Crippen LogP contribution in [-0.4, -0.2) is 27.5 Å². The van der Waals surface area contributed by atoms with E-state index in [1.54, 1.807) is 6.92 Å². The number of nitrogens with one attached hydrogen (secondary N) is 1. The molecule has 0 radical (unpaired) electrons. The molecule has 0 aliphatic carbocycles. The minimum atomic E-state index is -3.84. The molecule has 3 N–H and O–H groups in total. The highest BCUT2D eigenvalue weighted by atomic mass is 32.2. The van der Waals surface area contributed by atoms with Crippen molar-refractivity contribution in [1.82, 2.24) is 4.72 Å². The number of nitrogens with two attached hydrogens (primary N) is 1. The van der Waals surface area contributed by atoms with E-state index in [1.165, 1.54) is 25.3 Å². The normalized spacial score (nSPS) is 13.2. The van der Waals surface area contributed by atoms with Crippen LogP contribution in [0.15, 0.2) is 23.1 Å². The van der Waals surface area contributed by atoms with Gasteiger partial charge in [-0.05, 0) is 37.5 Å². The number of anilines is 1. The van der Waals surface area contributed by atoms with E-state index in [9.17, 15) is 13.2 Å². The van der Waals surface area contributed by atoms with Crippen LogP contribution < -0.4 is 10.5 Å². The Hall–Kier alpha value is -1.60. The third kappa shape index (κ3) is 4.71. The molecule has 0 saturated carbocycles. The van der Waals surface area contributed by atoms with Gasteiger partial charge in [0.05, 0.1) is 17.6 Å². The van der Waals surface area contributed by atoms with Crippen LogP contribution in [0.3, 0.4) is 0 Å². The summed E-state index contributed by atoms with van der Waals surface area (Å²) < 4.78 is 32.1. The van der Waals surface area contributed by atoms with E-state index in [0.29, 0.717) is 12.3 Å². The smallest absolute Gasteiger partial charge is 0.339 e. The average Bonchev–Trinajstić information content (AvgIpc) is 2.36. The van der Waals surface area contributed by atoms with E-state index in [0.717, 1.165) is 0 Å². The zero-order chi connectivity index (χ0) is 16.2. The van der Waals surface area contributed by atoms with Crippen LogP contribution in [0.2, 0.25) is 0 Å². The molecule has 0 bridgehead atoms. The molecule has 118 valence electrons. The summed E-state index contributed by atoms with van der Waals surface area (Å²) >= 11 is 0. The van der Waals surface area contributed by atoms with Crippen molar-refractivity contribution in [3.05, 3.63) is 23.8 Å². The Labute approximate surface area is 125 Å². The summed E-state index contributed by atoms with van der Waals surface area (Å²) in [4.78, 5) is 11.5. The Morgan fingerprint density at radius 3 is 2.48 bits per heavy atom. The number of carbonyl (C=O) groups excluding carboxylic acids is 1. The standard InChI is InChI=1S/C14H22N2O4S/c1-9(2)7-10(3)16-21(18,19)13-8-11(15)5-6-12(13)14(17)20-4/h5-6,8-10,16H,7,15H2,1-4H3. The molecule has 0 saturated heterocycles. The predicted octanol–water partition coefficient (Wildman–Crippen LogP) is 1.77. The van der Waals surface area contributed by atoms with Crippen LogP contribution >= 0.6 is 0 Å². The van der Waals surface area contributed by atoms with Gasteiger partial charge in [-0.15, -0.1) is 0 Å². The second-order valence-corrected chi connectivity index (χ2v) is 7.08. The van der Waals surface area contributed by atoms with E-state index in [4.69, 9.17) is 5.73 Å². The molecule has 0 spiro atoms. The number of carbonyl (C=O) groups is 1. The zero-order valence-corrected chi connectivity index (χ0v) is 13.5. The Bertz CT molecular complexity index is 611. The molecule has 0 fully saturated rings. The second-order valence-electron chi connectivity index (χ2n) is 5.40. The SMILES string of the molecule is COC(=O)c1ccc(N)cc1S(=O)(=O)NC(C)CC(C)C. The van der Waals surface area contributed by atoms with Crippen molar-refractivity contribution >= 4 is 21.7 Å². The molecular formula is C14H22N2O4S.